The number of rotatable bonds is 8. The van der Waals surface area contributed by atoms with E-state index in [4.69, 9.17) is 9.47 Å². The van der Waals surface area contributed by atoms with Crippen LogP contribution in [0.1, 0.15) is 20.3 Å². The minimum absolute atomic E-state index is 0.391. The van der Waals surface area contributed by atoms with Crippen LogP contribution in [0.4, 0.5) is 0 Å². The van der Waals surface area contributed by atoms with E-state index in [9.17, 15) is 0 Å². The summed E-state index contributed by atoms with van der Waals surface area (Å²) in [7, 11) is 2.17. The van der Waals surface area contributed by atoms with Gasteiger partial charge in [-0.15, -0.1) is 0 Å². The van der Waals surface area contributed by atoms with E-state index in [1.54, 1.807) is 0 Å². The Hall–Kier alpha value is -0.160. The van der Waals surface area contributed by atoms with Gasteiger partial charge in [0.2, 0.25) is 0 Å². The van der Waals surface area contributed by atoms with Gasteiger partial charge in [-0.05, 0) is 20.4 Å². The highest BCUT2D eigenvalue weighted by Crippen LogP contribution is 1.98. The zero-order valence-electron chi connectivity index (χ0n) is 11.7. The SMILES string of the molecule is CCC(C)OCCN(C)CCN1CCOCC1. The van der Waals surface area contributed by atoms with Crippen LogP contribution in [0.15, 0.2) is 0 Å². The fourth-order valence-corrected chi connectivity index (χ4v) is 1.78. The van der Waals surface area contributed by atoms with Gasteiger partial charge in [-0.2, -0.15) is 0 Å². The third-order valence-corrected chi connectivity index (χ3v) is 3.35. The Balaban J connectivity index is 1.98. The Morgan fingerprint density at radius 1 is 1.29 bits per heavy atom. The van der Waals surface area contributed by atoms with E-state index in [2.05, 4.69) is 30.7 Å². The molecule has 1 heterocycles. The molecule has 4 heteroatoms. The topological polar surface area (TPSA) is 24.9 Å². The van der Waals surface area contributed by atoms with Crippen LogP contribution < -0.4 is 0 Å². The summed E-state index contributed by atoms with van der Waals surface area (Å²) in [4.78, 5) is 4.81. The molecule has 1 rings (SSSR count). The summed E-state index contributed by atoms with van der Waals surface area (Å²) < 4.78 is 11.0. The highest BCUT2D eigenvalue weighted by Gasteiger charge is 2.10. The summed E-state index contributed by atoms with van der Waals surface area (Å²) in [6.07, 6.45) is 1.49. The van der Waals surface area contributed by atoms with Gasteiger partial charge < -0.3 is 14.4 Å². The molecule has 1 unspecified atom stereocenters. The average molecular weight is 244 g/mol. The standard InChI is InChI=1S/C13H28N2O2/c1-4-13(2)17-12-7-14(3)5-6-15-8-10-16-11-9-15/h13H,4-12H2,1-3H3. The molecule has 0 aromatic carbocycles. The van der Waals surface area contributed by atoms with E-state index in [0.29, 0.717) is 6.10 Å². The second kappa shape index (κ2) is 8.86. The summed E-state index contributed by atoms with van der Waals surface area (Å²) in [5.41, 5.74) is 0. The van der Waals surface area contributed by atoms with Crippen LogP contribution in [-0.4, -0.2) is 75.5 Å². The number of morpholine rings is 1. The first-order valence-corrected chi connectivity index (χ1v) is 6.82. The van der Waals surface area contributed by atoms with Gasteiger partial charge in [0.25, 0.3) is 0 Å². The van der Waals surface area contributed by atoms with Crippen molar-refractivity contribution in [2.45, 2.75) is 26.4 Å². The molecule has 0 amide bonds. The zero-order valence-corrected chi connectivity index (χ0v) is 11.7. The lowest BCUT2D eigenvalue weighted by Crippen LogP contribution is -2.41. The molecule has 4 nitrogen and oxygen atoms in total. The Kier molecular flexibility index (Phi) is 7.77. The van der Waals surface area contributed by atoms with Gasteiger partial charge >= 0.3 is 0 Å². The second-order valence-electron chi connectivity index (χ2n) is 4.85. The van der Waals surface area contributed by atoms with Crippen LogP contribution in [0.25, 0.3) is 0 Å². The lowest BCUT2D eigenvalue weighted by molar-refractivity contribution is 0.0282. The third-order valence-electron chi connectivity index (χ3n) is 3.35. The molecule has 0 bridgehead atoms. The monoisotopic (exact) mass is 244 g/mol. The molecule has 1 fully saturated rings. The summed E-state index contributed by atoms with van der Waals surface area (Å²) in [5.74, 6) is 0. The molecule has 0 radical (unpaired) electrons. The van der Waals surface area contributed by atoms with Gasteiger partial charge in [0.15, 0.2) is 0 Å². The Bertz CT molecular complexity index is 184. The summed E-state index contributed by atoms with van der Waals surface area (Å²) in [6, 6.07) is 0. The van der Waals surface area contributed by atoms with E-state index in [-0.39, 0.29) is 0 Å². The lowest BCUT2D eigenvalue weighted by atomic mass is 10.3. The minimum atomic E-state index is 0.391. The van der Waals surface area contributed by atoms with Gasteiger partial charge in [-0.25, -0.2) is 0 Å². The smallest absolute Gasteiger partial charge is 0.0596 e. The molecule has 0 aromatic rings. The maximum atomic E-state index is 5.68. The molecular weight excluding hydrogens is 216 g/mol. The van der Waals surface area contributed by atoms with Crippen LogP contribution in [0, 0.1) is 0 Å². The maximum Gasteiger partial charge on any atom is 0.0596 e. The molecule has 1 aliphatic heterocycles. The molecule has 0 N–H and O–H groups in total. The lowest BCUT2D eigenvalue weighted by Gasteiger charge is -2.28. The Labute approximate surface area is 106 Å². The molecule has 17 heavy (non-hydrogen) atoms. The first kappa shape index (κ1) is 14.9. The third kappa shape index (κ3) is 6.99. The number of likely N-dealkylation sites (N-methyl/N-ethyl adjacent to an activating group) is 1. The number of hydrogen-bond acceptors (Lipinski definition) is 4. The summed E-state index contributed by atoms with van der Waals surface area (Å²) in [5, 5.41) is 0. The highest BCUT2D eigenvalue weighted by molar-refractivity contribution is 4.64. The first-order valence-electron chi connectivity index (χ1n) is 6.82. The molecule has 0 spiro atoms. The Morgan fingerprint density at radius 3 is 2.65 bits per heavy atom. The molecule has 1 saturated heterocycles. The van der Waals surface area contributed by atoms with Crippen molar-refractivity contribution in [2.75, 3.05) is 59.6 Å². The van der Waals surface area contributed by atoms with Gasteiger partial charge in [0.05, 0.1) is 25.9 Å². The van der Waals surface area contributed by atoms with Crippen LogP contribution in [0.2, 0.25) is 0 Å². The van der Waals surface area contributed by atoms with Crippen LogP contribution in [-0.2, 0) is 9.47 Å². The van der Waals surface area contributed by atoms with E-state index >= 15 is 0 Å². The molecule has 1 atom stereocenters. The van der Waals surface area contributed by atoms with Crippen LogP contribution >= 0.6 is 0 Å². The predicted molar refractivity (Wildman–Crippen MR) is 70.5 cm³/mol. The van der Waals surface area contributed by atoms with Gasteiger partial charge in [0, 0.05) is 32.7 Å². The van der Waals surface area contributed by atoms with Gasteiger partial charge in [0.1, 0.15) is 0 Å². The largest absolute Gasteiger partial charge is 0.379 e. The number of nitrogens with zero attached hydrogens (tertiary/aromatic N) is 2. The summed E-state index contributed by atoms with van der Waals surface area (Å²) in [6.45, 7) is 12.4. The van der Waals surface area contributed by atoms with Crippen molar-refractivity contribution >= 4 is 0 Å². The van der Waals surface area contributed by atoms with Crippen molar-refractivity contribution in [2.24, 2.45) is 0 Å². The first-order chi connectivity index (χ1) is 8.22. The maximum absolute atomic E-state index is 5.68. The normalized spacial score (nSPS) is 19.8. The summed E-state index contributed by atoms with van der Waals surface area (Å²) >= 11 is 0. The molecule has 1 aliphatic rings. The number of ether oxygens (including phenoxy) is 2. The van der Waals surface area contributed by atoms with Gasteiger partial charge in [-0.3, -0.25) is 4.90 Å². The van der Waals surface area contributed by atoms with Crippen molar-refractivity contribution in [1.29, 1.82) is 0 Å². The van der Waals surface area contributed by atoms with E-state index in [0.717, 1.165) is 59.0 Å². The molecule has 102 valence electrons. The van der Waals surface area contributed by atoms with E-state index in [1.165, 1.54) is 0 Å². The van der Waals surface area contributed by atoms with Crippen molar-refractivity contribution in [3.8, 4) is 0 Å². The minimum Gasteiger partial charge on any atom is -0.379 e. The van der Waals surface area contributed by atoms with Gasteiger partial charge in [-0.1, -0.05) is 6.92 Å². The second-order valence-corrected chi connectivity index (χ2v) is 4.85. The zero-order chi connectivity index (χ0) is 12.5. The van der Waals surface area contributed by atoms with Crippen LogP contribution in [0.5, 0.6) is 0 Å². The molecule has 0 aliphatic carbocycles. The van der Waals surface area contributed by atoms with E-state index < -0.39 is 0 Å². The average Bonchev–Trinajstić information content (AvgIpc) is 2.37. The highest BCUT2D eigenvalue weighted by atomic mass is 16.5. The predicted octanol–water partition coefficient (Wildman–Crippen LogP) is 1.07. The Morgan fingerprint density at radius 2 is 2.00 bits per heavy atom. The van der Waals surface area contributed by atoms with Crippen LogP contribution in [0.3, 0.4) is 0 Å². The molecule has 0 aromatic heterocycles. The fourth-order valence-electron chi connectivity index (χ4n) is 1.78. The molecular formula is C13H28N2O2. The van der Waals surface area contributed by atoms with Crippen molar-refractivity contribution < 1.29 is 9.47 Å². The molecule has 0 saturated carbocycles. The van der Waals surface area contributed by atoms with Crippen molar-refractivity contribution in [3.63, 3.8) is 0 Å². The number of hydrogen-bond donors (Lipinski definition) is 0. The van der Waals surface area contributed by atoms with Crippen molar-refractivity contribution in [3.05, 3.63) is 0 Å². The van der Waals surface area contributed by atoms with E-state index in [1.807, 2.05) is 0 Å². The fraction of sp³-hybridized carbons (Fsp3) is 1.00. The van der Waals surface area contributed by atoms with Crippen molar-refractivity contribution in [1.82, 2.24) is 9.80 Å². The quantitative estimate of drug-likeness (QED) is 0.637.